The van der Waals surface area contributed by atoms with E-state index in [1.54, 1.807) is 24.3 Å². The van der Waals surface area contributed by atoms with Gasteiger partial charge in [0.1, 0.15) is 0 Å². The van der Waals surface area contributed by atoms with E-state index >= 15 is 0 Å². The molecule has 2 aromatic rings. The predicted octanol–water partition coefficient (Wildman–Crippen LogP) is 1.58. The molecule has 184 valence electrons. The monoisotopic (exact) mass is 495 g/mol. The minimum Gasteiger partial charge on any atom is -0.365 e. The van der Waals surface area contributed by atoms with Crippen LogP contribution in [0.5, 0.6) is 0 Å². The number of aryl methyl sites for hydroxylation is 1. The maximum absolute atomic E-state index is 12.0. The fourth-order valence-corrected chi connectivity index (χ4v) is 3.06. The summed E-state index contributed by atoms with van der Waals surface area (Å²) >= 11 is 0. The van der Waals surface area contributed by atoms with Crippen molar-refractivity contribution < 1.29 is 36.2 Å². The third kappa shape index (κ3) is 10.6. The number of anilines is 1. The summed E-state index contributed by atoms with van der Waals surface area (Å²) in [6.45, 7) is -0.0241. The van der Waals surface area contributed by atoms with Gasteiger partial charge in [-0.25, -0.2) is 19.5 Å². The van der Waals surface area contributed by atoms with Gasteiger partial charge in [0.25, 0.3) is 10.2 Å². The van der Waals surface area contributed by atoms with Crippen molar-refractivity contribution in [1.29, 1.82) is 0 Å². The van der Waals surface area contributed by atoms with E-state index in [9.17, 15) is 26.8 Å². The second kappa shape index (κ2) is 12.4. The molecule has 33 heavy (non-hydrogen) atoms. The second-order valence-electron chi connectivity index (χ2n) is 6.67. The smallest absolute Gasteiger partial charge is 0.365 e. The van der Waals surface area contributed by atoms with Gasteiger partial charge in [0, 0.05) is 13.1 Å². The van der Waals surface area contributed by atoms with Crippen LogP contribution < -0.4 is 20.7 Å². The quantitative estimate of drug-likeness (QED) is 0.119. The molecular weight excluding hydrogens is 471 g/mol. The molecule has 16 heteroatoms. The van der Waals surface area contributed by atoms with Crippen LogP contribution >= 0.6 is 0 Å². The van der Waals surface area contributed by atoms with Gasteiger partial charge in [-0.2, -0.15) is 8.42 Å². The van der Waals surface area contributed by atoms with Gasteiger partial charge in [-0.3, -0.25) is 15.4 Å². The maximum atomic E-state index is 12.0. The number of rotatable bonds is 13. The van der Waals surface area contributed by atoms with Gasteiger partial charge < -0.3 is 5.32 Å². The molecule has 0 radical (unpaired) electrons. The number of hydroxylamine groups is 1. The first-order valence-electron chi connectivity index (χ1n) is 9.70. The number of ether oxygens (including phenoxy) is 1. The summed E-state index contributed by atoms with van der Waals surface area (Å²) in [5.74, 6) is 0.0869. The lowest BCUT2D eigenvalue weighted by atomic mass is 10.1. The van der Waals surface area contributed by atoms with E-state index in [1.807, 2.05) is 5.48 Å². The Hall–Kier alpha value is -2.79. The lowest BCUT2D eigenvalue weighted by Crippen LogP contribution is -2.32. The first kappa shape index (κ1) is 26.5. The molecule has 1 heterocycles. The molecule has 0 aliphatic carbocycles. The number of halogens is 3. The van der Waals surface area contributed by atoms with E-state index in [2.05, 4.69) is 34.7 Å². The summed E-state index contributed by atoms with van der Waals surface area (Å²) in [5, 5.41) is 24.6. The number of aliphatic imine (C=N–C) groups is 1. The SMILES string of the molecule is NS(=O)(=O)NCCCNc1nonc1C(=Nc1cccc(CCCCOC(F)(F)F)c1)NO. The van der Waals surface area contributed by atoms with Crippen LogP contribution in [-0.4, -0.2) is 55.8 Å². The number of benzene rings is 1. The molecule has 0 amide bonds. The Kier molecular flexibility index (Phi) is 9.98. The lowest BCUT2D eigenvalue weighted by Gasteiger charge is -2.08. The Bertz CT molecular complexity index is 1010. The molecule has 0 atom stereocenters. The number of alkyl halides is 3. The fraction of sp³-hybridized carbons (Fsp3) is 0.471. The molecular formula is C17H24F3N7O5S. The largest absolute Gasteiger partial charge is 0.522 e. The van der Waals surface area contributed by atoms with Gasteiger partial charge in [0.2, 0.25) is 5.82 Å². The van der Waals surface area contributed by atoms with Crippen LogP contribution in [0.15, 0.2) is 33.9 Å². The van der Waals surface area contributed by atoms with Crippen molar-refractivity contribution in [3.63, 3.8) is 0 Å². The number of amidine groups is 1. The Balaban J connectivity index is 1.95. The number of nitrogens with zero attached hydrogens (tertiary/aromatic N) is 3. The summed E-state index contributed by atoms with van der Waals surface area (Å²) in [6, 6.07) is 6.89. The van der Waals surface area contributed by atoms with Crippen molar-refractivity contribution in [3.8, 4) is 0 Å². The number of aromatic nitrogens is 2. The Morgan fingerprint density at radius 1 is 1.21 bits per heavy atom. The van der Waals surface area contributed by atoms with Crippen molar-refractivity contribution >= 4 is 27.6 Å². The number of nitrogens with two attached hydrogens (primary N) is 1. The van der Waals surface area contributed by atoms with Crippen LogP contribution in [0.4, 0.5) is 24.7 Å². The zero-order valence-electron chi connectivity index (χ0n) is 17.3. The highest BCUT2D eigenvalue weighted by Crippen LogP contribution is 2.20. The average Bonchev–Trinajstić information content (AvgIpc) is 3.18. The molecule has 0 aliphatic heterocycles. The highest BCUT2D eigenvalue weighted by molar-refractivity contribution is 7.87. The number of nitrogens with one attached hydrogen (secondary N) is 3. The van der Waals surface area contributed by atoms with E-state index in [0.717, 1.165) is 5.56 Å². The summed E-state index contributed by atoms with van der Waals surface area (Å²) in [7, 11) is -3.77. The van der Waals surface area contributed by atoms with E-state index in [4.69, 9.17) is 5.14 Å². The molecule has 0 bridgehead atoms. The number of hydrogen-bond donors (Lipinski definition) is 5. The minimum atomic E-state index is -4.63. The minimum absolute atomic E-state index is 0.0721. The topological polar surface area (TPSA) is 177 Å². The molecule has 0 fully saturated rings. The van der Waals surface area contributed by atoms with Crippen molar-refractivity contribution in [1.82, 2.24) is 20.5 Å². The van der Waals surface area contributed by atoms with Gasteiger partial charge in [-0.1, -0.05) is 12.1 Å². The van der Waals surface area contributed by atoms with Crippen molar-refractivity contribution in [2.24, 2.45) is 10.1 Å². The van der Waals surface area contributed by atoms with Crippen LogP contribution in [0.1, 0.15) is 30.5 Å². The van der Waals surface area contributed by atoms with Crippen molar-refractivity contribution in [2.75, 3.05) is 25.0 Å². The van der Waals surface area contributed by atoms with Crippen molar-refractivity contribution in [2.45, 2.75) is 32.0 Å². The summed E-state index contributed by atoms with van der Waals surface area (Å²) < 4.78 is 68.2. The summed E-state index contributed by atoms with van der Waals surface area (Å²) in [6.07, 6.45) is -3.03. The maximum Gasteiger partial charge on any atom is 0.522 e. The van der Waals surface area contributed by atoms with Crippen LogP contribution in [0.3, 0.4) is 0 Å². The standard InChI is InChI=1S/C17H24F3N7O5S/c18-17(19,20)31-10-2-1-5-12-6-3-7-13(11-12)24-16(25-28)14-15(27-32-26-14)22-8-4-9-23-33(21,29)30/h3,6-7,11,23,28H,1-2,4-5,8-10H2,(H,22,27)(H,24,25)(H2,21,29,30). The zero-order chi connectivity index (χ0) is 24.3. The third-order valence-corrected chi connectivity index (χ3v) is 4.65. The first-order chi connectivity index (χ1) is 15.6. The Morgan fingerprint density at radius 3 is 2.70 bits per heavy atom. The number of unbranched alkanes of at least 4 members (excludes halogenated alkanes) is 1. The van der Waals surface area contributed by atoms with E-state index < -0.39 is 23.2 Å². The molecule has 0 spiro atoms. The lowest BCUT2D eigenvalue weighted by molar-refractivity contribution is -0.324. The van der Waals surface area contributed by atoms with Gasteiger partial charge >= 0.3 is 6.36 Å². The molecule has 1 aromatic carbocycles. The molecule has 0 saturated carbocycles. The van der Waals surface area contributed by atoms with Gasteiger partial charge in [0.15, 0.2) is 11.5 Å². The Labute approximate surface area is 187 Å². The summed E-state index contributed by atoms with van der Waals surface area (Å²) in [4.78, 5) is 4.27. The average molecular weight is 495 g/mol. The van der Waals surface area contributed by atoms with Gasteiger partial charge in [0.05, 0.1) is 12.3 Å². The molecule has 0 unspecified atom stereocenters. The van der Waals surface area contributed by atoms with E-state index in [0.29, 0.717) is 24.9 Å². The molecule has 0 saturated heterocycles. The third-order valence-electron chi connectivity index (χ3n) is 4.04. The second-order valence-corrected chi connectivity index (χ2v) is 8.05. The molecule has 12 nitrogen and oxygen atoms in total. The molecule has 1 aromatic heterocycles. The van der Waals surface area contributed by atoms with Gasteiger partial charge in [-0.05, 0) is 53.7 Å². The van der Waals surface area contributed by atoms with Crippen LogP contribution in [0, 0.1) is 0 Å². The summed E-state index contributed by atoms with van der Waals surface area (Å²) in [5.41, 5.74) is 3.28. The van der Waals surface area contributed by atoms with Gasteiger partial charge in [-0.15, -0.1) is 13.2 Å². The molecule has 0 aliphatic rings. The Morgan fingerprint density at radius 2 is 2.00 bits per heavy atom. The number of hydrogen-bond acceptors (Lipinski definition) is 9. The fourth-order valence-electron chi connectivity index (χ4n) is 2.63. The normalized spacial score (nSPS) is 12.7. The van der Waals surface area contributed by atoms with E-state index in [-0.39, 0.29) is 36.9 Å². The first-order valence-corrected chi connectivity index (χ1v) is 11.2. The van der Waals surface area contributed by atoms with Crippen LogP contribution in [0.25, 0.3) is 0 Å². The highest BCUT2D eigenvalue weighted by Gasteiger charge is 2.28. The molecule has 2 rings (SSSR count). The predicted molar refractivity (Wildman–Crippen MR) is 111 cm³/mol. The van der Waals surface area contributed by atoms with Crippen LogP contribution in [-0.2, 0) is 21.4 Å². The highest BCUT2D eigenvalue weighted by atomic mass is 32.2. The zero-order valence-corrected chi connectivity index (χ0v) is 18.1. The van der Waals surface area contributed by atoms with Crippen LogP contribution in [0.2, 0.25) is 0 Å². The van der Waals surface area contributed by atoms with E-state index in [1.165, 1.54) is 0 Å². The van der Waals surface area contributed by atoms with Crippen molar-refractivity contribution in [3.05, 3.63) is 35.5 Å². The molecule has 6 N–H and O–H groups in total.